The van der Waals surface area contributed by atoms with Gasteiger partial charge >= 0.3 is 0 Å². The molecule has 0 amide bonds. The van der Waals surface area contributed by atoms with Gasteiger partial charge in [0.2, 0.25) is 10.0 Å². The first-order valence-corrected chi connectivity index (χ1v) is 11.3. The average molecular weight is 443 g/mol. The van der Waals surface area contributed by atoms with E-state index in [0.29, 0.717) is 17.3 Å². The molecule has 0 aliphatic carbocycles. The third-order valence-electron chi connectivity index (χ3n) is 5.04. The third kappa shape index (κ3) is 4.73. The van der Waals surface area contributed by atoms with Crippen molar-refractivity contribution in [3.63, 3.8) is 0 Å². The second kappa shape index (κ2) is 8.70. The first-order chi connectivity index (χ1) is 14.8. The predicted octanol–water partition coefficient (Wildman–Crippen LogP) is 3.74. The summed E-state index contributed by atoms with van der Waals surface area (Å²) in [6.07, 6.45) is -0.516. The van der Waals surface area contributed by atoms with Crippen molar-refractivity contribution in [2.45, 2.75) is 24.8 Å². The van der Waals surface area contributed by atoms with Crippen LogP contribution in [0.1, 0.15) is 23.1 Å². The highest BCUT2D eigenvalue weighted by Crippen LogP contribution is 2.27. The van der Waals surface area contributed by atoms with Gasteiger partial charge in [0.15, 0.2) is 0 Å². The number of anilines is 2. The van der Waals surface area contributed by atoms with Crippen molar-refractivity contribution in [3.8, 4) is 0 Å². The van der Waals surface area contributed by atoms with Crippen molar-refractivity contribution in [1.82, 2.24) is 14.3 Å². The van der Waals surface area contributed by atoms with E-state index in [9.17, 15) is 12.8 Å². The smallest absolute Gasteiger partial charge is 0.243 e. The number of aryl methyl sites for hydroxylation is 2. The molecule has 0 spiro atoms. The van der Waals surface area contributed by atoms with E-state index in [4.69, 9.17) is 4.74 Å². The minimum absolute atomic E-state index is 0.0703. The molecule has 3 aromatic rings. The summed E-state index contributed by atoms with van der Waals surface area (Å²) in [5.74, 6) is 0.828. The first kappa shape index (κ1) is 21.4. The molecule has 7 nitrogen and oxygen atoms in total. The lowest BCUT2D eigenvalue weighted by atomic mass is 10.2. The van der Waals surface area contributed by atoms with Crippen molar-refractivity contribution in [3.05, 3.63) is 77.4 Å². The number of nitrogens with zero attached hydrogens (tertiary/aromatic N) is 3. The minimum atomic E-state index is -3.77. The average Bonchev–Trinajstić information content (AvgIpc) is 2.76. The maximum Gasteiger partial charge on any atom is 0.243 e. The van der Waals surface area contributed by atoms with E-state index in [1.807, 2.05) is 37.3 Å². The van der Waals surface area contributed by atoms with Crippen LogP contribution in [0.15, 0.2) is 59.5 Å². The van der Waals surface area contributed by atoms with Crippen LogP contribution in [-0.4, -0.2) is 42.4 Å². The molecule has 1 N–H and O–H groups in total. The van der Waals surface area contributed by atoms with E-state index in [1.54, 1.807) is 13.0 Å². The number of sulfonamides is 1. The number of benzene rings is 1. The molecular weight excluding hydrogens is 419 g/mol. The highest BCUT2D eigenvalue weighted by Gasteiger charge is 2.32. The fraction of sp³-hybridized carbons (Fsp3) is 0.273. The van der Waals surface area contributed by atoms with Gasteiger partial charge in [-0.3, -0.25) is 0 Å². The first-order valence-electron chi connectivity index (χ1n) is 9.88. The van der Waals surface area contributed by atoms with Crippen LogP contribution in [-0.2, 0) is 14.8 Å². The Morgan fingerprint density at radius 1 is 1.06 bits per heavy atom. The number of morpholine rings is 1. The second-order valence-electron chi connectivity index (χ2n) is 7.37. The molecule has 31 heavy (non-hydrogen) atoms. The molecule has 1 aliphatic rings. The van der Waals surface area contributed by atoms with Gasteiger partial charge in [0.1, 0.15) is 23.6 Å². The van der Waals surface area contributed by atoms with E-state index in [-0.39, 0.29) is 30.2 Å². The van der Waals surface area contributed by atoms with Crippen LogP contribution < -0.4 is 5.32 Å². The normalized spacial score (nSPS) is 17.5. The largest absolute Gasteiger partial charge is 0.369 e. The highest BCUT2D eigenvalue weighted by molar-refractivity contribution is 7.89. The van der Waals surface area contributed by atoms with Gasteiger partial charge in [-0.2, -0.15) is 4.31 Å². The number of halogens is 1. The Hall–Kier alpha value is -2.88. The molecule has 162 valence electrons. The van der Waals surface area contributed by atoms with Gasteiger partial charge in [-0.1, -0.05) is 12.1 Å². The van der Waals surface area contributed by atoms with E-state index in [0.717, 1.165) is 5.69 Å². The summed E-state index contributed by atoms with van der Waals surface area (Å²) in [5.41, 5.74) is 1.79. The van der Waals surface area contributed by atoms with Crippen molar-refractivity contribution in [2.24, 2.45) is 0 Å². The molecule has 1 saturated heterocycles. The molecule has 0 bridgehead atoms. The van der Waals surface area contributed by atoms with Crippen molar-refractivity contribution >= 4 is 21.7 Å². The van der Waals surface area contributed by atoms with Gasteiger partial charge in [-0.05, 0) is 61.9 Å². The Morgan fingerprint density at radius 3 is 2.55 bits per heavy atom. The topological polar surface area (TPSA) is 84.4 Å². The maximum absolute atomic E-state index is 13.6. The number of hydrogen-bond donors (Lipinski definition) is 1. The third-order valence-corrected chi connectivity index (χ3v) is 6.90. The summed E-state index contributed by atoms with van der Waals surface area (Å²) in [5, 5.41) is 3.16. The van der Waals surface area contributed by atoms with Gasteiger partial charge in [-0.15, -0.1) is 0 Å². The van der Waals surface area contributed by atoms with Crippen LogP contribution >= 0.6 is 0 Å². The number of ether oxygens (including phenoxy) is 1. The quantitative estimate of drug-likeness (QED) is 0.648. The minimum Gasteiger partial charge on any atom is -0.369 e. The van der Waals surface area contributed by atoms with Crippen LogP contribution in [0.25, 0.3) is 0 Å². The van der Waals surface area contributed by atoms with E-state index < -0.39 is 21.9 Å². The van der Waals surface area contributed by atoms with Crippen LogP contribution in [0.2, 0.25) is 0 Å². The summed E-state index contributed by atoms with van der Waals surface area (Å²) in [6.45, 7) is 4.03. The number of hydrogen-bond acceptors (Lipinski definition) is 6. The van der Waals surface area contributed by atoms with E-state index in [2.05, 4.69) is 15.3 Å². The number of pyridine rings is 2. The van der Waals surface area contributed by atoms with Crippen LogP contribution in [0.3, 0.4) is 0 Å². The summed E-state index contributed by atoms with van der Waals surface area (Å²) in [6, 6.07) is 14.9. The molecule has 3 heterocycles. The van der Waals surface area contributed by atoms with Crippen molar-refractivity contribution < 1.29 is 17.5 Å². The Kier molecular flexibility index (Phi) is 5.99. The Bertz CT molecular complexity index is 1200. The summed E-state index contributed by atoms with van der Waals surface area (Å²) >= 11 is 0. The Morgan fingerprint density at radius 2 is 1.81 bits per heavy atom. The van der Waals surface area contributed by atoms with Gasteiger partial charge < -0.3 is 10.1 Å². The zero-order chi connectivity index (χ0) is 22.0. The summed E-state index contributed by atoms with van der Waals surface area (Å²) < 4.78 is 46.9. The standard InChI is InChI=1S/C22H23FN4O3S/c1-15-13-17(9-10-18(15)23)31(28,29)27-11-12-30-20(14-27)19-6-4-8-22(25-19)26-21-7-3-5-16(2)24-21/h3-10,13,20H,11-12,14H2,1-2H3,(H,24,25,26). The zero-order valence-corrected chi connectivity index (χ0v) is 18.1. The molecule has 2 aromatic heterocycles. The lowest BCUT2D eigenvalue weighted by molar-refractivity contribution is -0.00486. The summed E-state index contributed by atoms with van der Waals surface area (Å²) in [4.78, 5) is 9.06. The molecule has 1 aromatic carbocycles. The van der Waals surface area contributed by atoms with Crippen molar-refractivity contribution in [1.29, 1.82) is 0 Å². The van der Waals surface area contributed by atoms with Crippen LogP contribution in [0.5, 0.6) is 0 Å². The highest BCUT2D eigenvalue weighted by atomic mass is 32.2. The molecule has 9 heteroatoms. The van der Waals surface area contributed by atoms with Gasteiger partial charge in [0.05, 0.1) is 17.2 Å². The fourth-order valence-electron chi connectivity index (χ4n) is 3.39. The molecular formula is C22H23FN4O3S. The molecule has 0 saturated carbocycles. The van der Waals surface area contributed by atoms with Gasteiger partial charge in [0.25, 0.3) is 0 Å². The van der Waals surface area contributed by atoms with E-state index >= 15 is 0 Å². The predicted molar refractivity (Wildman–Crippen MR) is 115 cm³/mol. The fourth-order valence-corrected chi connectivity index (χ4v) is 4.90. The number of nitrogens with one attached hydrogen (secondary N) is 1. The Labute approximate surface area is 181 Å². The van der Waals surface area contributed by atoms with Gasteiger partial charge in [0, 0.05) is 18.8 Å². The van der Waals surface area contributed by atoms with Crippen LogP contribution in [0, 0.1) is 19.7 Å². The van der Waals surface area contributed by atoms with Crippen molar-refractivity contribution in [2.75, 3.05) is 25.0 Å². The molecule has 0 radical (unpaired) electrons. The molecule has 1 fully saturated rings. The van der Waals surface area contributed by atoms with Gasteiger partial charge in [-0.25, -0.2) is 22.8 Å². The lowest BCUT2D eigenvalue weighted by Crippen LogP contribution is -2.42. The molecule has 1 atom stereocenters. The van der Waals surface area contributed by atoms with E-state index in [1.165, 1.54) is 22.5 Å². The molecule has 4 rings (SSSR count). The zero-order valence-electron chi connectivity index (χ0n) is 17.2. The maximum atomic E-state index is 13.6. The molecule has 1 aliphatic heterocycles. The lowest BCUT2D eigenvalue weighted by Gasteiger charge is -2.32. The summed E-state index contributed by atoms with van der Waals surface area (Å²) in [7, 11) is -3.77. The SMILES string of the molecule is Cc1cccc(Nc2cccc(C3CN(S(=O)(=O)c4ccc(F)c(C)c4)CCO3)n2)n1. The Balaban J connectivity index is 1.54. The monoisotopic (exact) mass is 442 g/mol. The number of aromatic nitrogens is 2. The second-order valence-corrected chi connectivity index (χ2v) is 9.31. The molecule has 1 unspecified atom stereocenters. The van der Waals surface area contributed by atoms with Crippen LogP contribution in [0.4, 0.5) is 16.0 Å². The number of rotatable bonds is 5.